The van der Waals surface area contributed by atoms with E-state index >= 15 is 0 Å². The van der Waals surface area contributed by atoms with E-state index in [0.29, 0.717) is 13.1 Å². The Balaban J connectivity index is 2.50. The third-order valence-electron chi connectivity index (χ3n) is 3.65. The molecule has 114 valence electrons. The van der Waals surface area contributed by atoms with Gasteiger partial charge in [-0.25, -0.2) is 9.59 Å². The third-order valence-corrected chi connectivity index (χ3v) is 3.65. The van der Waals surface area contributed by atoms with Crippen molar-refractivity contribution in [2.45, 2.75) is 45.6 Å². The zero-order valence-corrected chi connectivity index (χ0v) is 11.9. The van der Waals surface area contributed by atoms with Gasteiger partial charge >= 0.3 is 18.0 Å². The number of hydrogen-bond acceptors (Lipinski definition) is 3. The molecule has 1 fully saturated rings. The molecule has 1 rings (SSSR count). The second kappa shape index (κ2) is 6.58. The van der Waals surface area contributed by atoms with Crippen LogP contribution < -0.4 is 5.32 Å². The summed E-state index contributed by atoms with van der Waals surface area (Å²) >= 11 is 0. The Morgan fingerprint density at radius 2 is 1.75 bits per heavy atom. The number of likely N-dealkylation sites (tertiary alicyclic amines) is 1. The number of aliphatic carboxylic acids is 2. The first-order valence-electron chi connectivity index (χ1n) is 6.71. The van der Waals surface area contributed by atoms with Gasteiger partial charge in [0.1, 0.15) is 6.04 Å². The molecular weight excluding hydrogens is 264 g/mol. The van der Waals surface area contributed by atoms with Gasteiger partial charge in [-0.05, 0) is 24.7 Å². The lowest BCUT2D eigenvalue weighted by molar-refractivity contribution is -0.140. The number of carboxylic acids is 2. The normalized spacial score (nSPS) is 19.2. The minimum absolute atomic E-state index is 0.115. The molecule has 1 heterocycles. The van der Waals surface area contributed by atoms with Crippen molar-refractivity contribution in [3.8, 4) is 0 Å². The molecule has 1 atom stereocenters. The fourth-order valence-electron chi connectivity index (χ4n) is 2.08. The molecule has 0 aromatic heterocycles. The van der Waals surface area contributed by atoms with Crippen molar-refractivity contribution < 1.29 is 24.6 Å². The van der Waals surface area contributed by atoms with Gasteiger partial charge in [0, 0.05) is 19.5 Å². The van der Waals surface area contributed by atoms with E-state index in [1.54, 1.807) is 4.90 Å². The van der Waals surface area contributed by atoms with Gasteiger partial charge in [0.15, 0.2) is 0 Å². The average Bonchev–Trinajstić information content (AvgIpc) is 2.33. The first-order valence-corrected chi connectivity index (χ1v) is 6.71. The molecule has 1 saturated heterocycles. The van der Waals surface area contributed by atoms with Gasteiger partial charge in [0.05, 0.1) is 0 Å². The number of amides is 2. The van der Waals surface area contributed by atoms with E-state index in [-0.39, 0.29) is 18.3 Å². The number of carbonyl (C=O) groups excluding carboxylic acids is 1. The lowest BCUT2D eigenvalue weighted by Crippen LogP contribution is -2.51. The Kier molecular flexibility index (Phi) is 5.35. The molecule has 0 spiro atoms. The van der Waals surface area contributed by atoms with Gasteiger partial charge in [-0.1, -0.05) is 13.8 Å². The monoisotopic (exact) mass is 286 g/mol. The molecule has 7 nitrogen and oxygen atoms in total. The van der Waals surface area contributed by atoms with Crippen LogP contribution in [0.15, 0.2) is 0 Å². The SMILES string of the molecule is CC1(C)CCN(C(=O)N[C@@H](CCC(=O)O)C(=O)O)CC1. The summed E-state index contributed by atoms with van der Waals surface area (Å²) in [6, 6.07) is -1.59. The fraction of sp³-hybridized carbons (Fsp3) is 0.769. The molecular formula is C13H22N2O5. The average molecular weight is 286 g/mol. The number of piperidine rings is 1. The van der Waals surface area contributed by atoms with Crippen molar-refractivity contribution in [2.24, 2.45) is 5.41 Å². The molecule has 20 heavy (non-hydrogen) atoms. The minimum Gasteiger partial charge on any atom is -0.481 e. The molecule has 0 aliphatic carbocycles. The van der Waals surface area contributed by atoms with Crippen LogP contribution in [-0.4, -0.2) is 52.2 Å². The summed E-state index contributed by atoms with van der Waals surface area (Å²) in [6.07, 6.45) is 1.33. The highest BCUT2D eigenvalue weighted by atomic mass is 16.4. The van der Waals surface area contributed by atoms with E-state index in [9.17, 15) is 14.4 Å². The van der Waals surface area contributed by atoms with Crippen molar-refractivity contribution in [1.29, 1.82) is 0 Å². The van der Waals surface area contributed by atoms with Crippen LogP contribution >= 0.6 is 0 Å². The minimum atomic E-state index is -1.21. The van der Waals surface area contributed by atoms with Crippen LogP contribution in [0.25, 0.3) is 0 Å². The number of nitrogens with zero attached hydrogens (tertiary/aromatic N) is 1. The van der Waals surface area contributed by atoms with Crippen LogP contribution in [0.3, 0.4) is 0 Å². The van der Waals surface area contributed by atoms with E-state index in [4.69, 9.17) is 10.2 Å². The number of nitrogens with one attached hydrogen (secondary N) is 1. The summed E-state index contributed by atoms with van der Waals surface area (Å²) in [7, 11) is 0. The second-order valence-electron chi connectivity index (χ2n) is 5.92. The predicted molar refractivity (Wildman–Crippen MR) is 71.4 cm³/mol. The Bertz CT molecular complexity index is 384. The van der Waals surface area contributed by atoms with Crippen molar-refractivity contribution in [3.63, 3.8) is 0 Å². The Hall–Kier alpha value is -1.79. The van der Waals surface area contributed by atoms with Crippen LogP contribution in [0.5, 0.6) is 0 Å². The van der Waals surface area contributed by atoms with Crippen molar-refractivity contribution in [1.82, 2.24) is 10.2 Å². The maximum absolute atomic E-state index is 12.0. The Labute approximate surface area is 117 Å². The van der Waals surface area contributed by atoms with E-state index < -0.39 is 24.0 Å². The van der Waals surface area contributed by atoms with Crippen LogP contribution in [0.4, 0.5) is 4.79 Å². The fourth-order valence-corrected chi connectivity index (χ4v) is 2.08. The number of hydrogen-bond donors (Lipinski definition) is 3. The van der Waals surface area contributed by atoms with Gasteiger partial charge in [0.25, 0.3) is 0 Å². The summed E-state index contributed by atoms with van der Waals surface area (Å²) in [5.74, 6) is -2.29. The van der Waals surface area contributed by atoms with Crippen LogP contribution in [0.2, 0.25) is 0 Å². The second-order valence-corrected chi connectivity index (χ2v) is 5.92. The molecule has 7 heteroatoms. The lowest BCUT2D eigenvalue weighted by atomic mass is 9.83. The van der Waals surface area contributed by atoms with Crippen LogP contribution in [0.1, 0.15) is 39.5 Å². The molecule has 0 radical (unpaired) electrons. The van der Waals surface area contributed by atoms with Crippen LogP contribution in [0, 0.1) is 5.41 Å². The van der Waals surface area contributed by atoms with E-state index in [0.717, 1.165) is 12.8 Å². The van der Waals surface area contributed by atoms with Gasteiger partial charge in [-0.3, -0.25) is 4.79 Å². The van der Waals surface area contributed by atoms with E-state index in [1.165, 1.54) is 0 Å². The Morgan fingerprint density at radius 1 is 1.20 bits per heavy atom. The smallest absolute Gasteiger partial charge is 0.326 e. The summed E-state index contributed by atoms with van der Waals surface area (Å²) in [4.78, 5) is 35.0. The first-order chi connectivity index (χ1) is 9.21. The van der Waals surface area contributed by atoms with Gasteiger partial charge in [0.2, 0.25) is 0 Å². The molecule has 0 unspecified atom stereocenters. The molecule has 3 N–H and O–H groups in total. The number of urea groups is 1. The molecule has 1 aliphatic rings. The zero-order valence-electron chi connectivity index (χ0n) is 11.9. The molecule has 1 aliphatic heterocycles. The van der Waals surface area contributed by atoms with E-state index in [1.807, 2.05) is 0 Å². The molecule has 0 aromatic carbocycles. The molecule has 0 aromatic rings. The summed E-state index contributed by atoms with van der Waals surface area (Å²) in [6.45, 7) is 5.44. The maximum atomic E-state index is 12.0. The quantitative estimate of drug-likeness (QED) is 0.702. The predicted octanol–water partition coefficient (Wildman–Crippen LogP) is 1.14. The maximum Gasteiger partial charge on any atom is 0.326 e. The number of carboxylic acid groups (broad SMARTS) is 2. The van der Waals surface area contributed by atoms with Crippen LogP contribution in [-0.2, 0) is 9.59 Å². The van der Waals surface area contributed by atoms with E-state index in [2.05, 4.69) is 19.2 Å². The summed E-state index contributed by atoms with van der Waals surface area (Å²) in [5, 5.41) is 20.0. The van der Waals surface area contributed by atoms with Gasteiger partial charge in [-0.2, -0.15) is 0 Å². The van der Waals surface area contributed by atoms with Gasteiger partial charge < -0.3 is 20.4 Å². The Morgan fingerprint density at radius 3 is 2.20 bits per heavy atom. The van der Waals surface area contributed by atoms with Gasteiger partial charge in [-0.15, -0.1) is 0 Å². The number of rotatable bonds is 5. The standard InChI is InChI=1S/C13H22N2O5/c1-13(2)5-7-15(8-6-13)12(20)14-9(11(18)19)3-4-10(16)17/h9H,3-8H2,1-2H3,(H,14,20)(H,16,17)(H,18,19)/t9-/m0/s1. The van der Waals surface area contributed by atoms with Crippen molar-refractivity contribution >= 4 is 18.0 Å². The highest BCUT2D eigenvalue weighted by molar-refractivity contribution is 5.83. The van der Waals surface area contributed by atoms with Crippen molar-refractivity contribution in [3.05, 3.63) is 0 Å². The largest absolute Gasteiger partial charge is 0.481 e. The summed E-state index contributed by atoms with van der Waals surface area (Å²) < 4.78 is 0. The topological polar surface area (TPSA) is 107 Å². The number of carbonyl (C=O) groups is 3. The van der Waals surface area contributed by atoms with Crippen molar-refractivity contribution in [2.75, 3.05) is 13.1 Å². The molecule has 0 bridgehead atoms. The highest BCUT2D eigenvalue weighted by Crippen LogP contribution is 2.29. The highest BCUT2D eigenvalue weighted by Gasteiger charge is 2.30. The molecule has 2 amide bonds. The third kappa shape index (κ3) is 5.07. The zero-order chi connectivity index (χ0) is 15.3. The lowest BCUT2D eigenvalue weighted by Gasteiger charge is -2.37. The first kappa shape index (κ1) is 16.3. The molecule has 0 saturated carbocycles. The summed E-state index contributed by atoms with van der Waals surface area (Å²) in [5.41, 5.74) is 0.201.